The van der Waals surface area contributed by atoms with E-state index in [0.29, 0.717) is 11.3 Å². The molecule has 0 atom stereocenters. The van der Waals surface area contributed by atoms with Crippen molar-refractivity contribution in [2.75, 3.05) is 0 Å². The first-order valence-electron chi connectivity index (χ1n) is 7.70. The molecule has 0 N–H and O–H groups in total. The third-order valence-electron chi connectivity index (χ3n) is 4.07. The van der Waals surface area contributed by atoms with Crippen LogP contribution in [0.15, 0.2) is 85.1 Å². The molecule has 0 fully saturated rings. The fourth-order valence-corrected chi connectivity index (χ4v) is 2.96. The van der Waals surface area contributed by atoms with Gasteiger partial charge in [-0.1, -0.05) is 48.5 Å². The topological polar surface area (TPSA) is 21.5 Å². The van der Waals surface area contributed by atoms with E-state index in [9.17, 15) is 9.18 Å². The lowest BCUT2D eigenvalue weighted by Gasteiger charge is -2.07. The highest BCUT2D eigenvalue weighted by Crippen LogP contribution is 2.29. The first-order chi connectivity index (χ1) is 11.7. The lowest BCUT2D eigenvalue weighted by atomic mass is 10.0. The maximum atomic E-state index is 13.5. The molecule has 4 rings (SSSR count). The maximum Gasteiger partial charge on any atom is 0.210 e. The summed E-state index contributed by atoms with van der Waals surface area (Å²) in [6.07, 6.45) is 1.86. The Morgan fingerprint density at radius 2 is 1.62 bits per heavy atom. The molecule has 3 heteroatoms. The standard InChI is InChI=1S/C21H14FNO/c22-17-10-6-9-16(13-17)21(24)20-19(15-7-2-1-3-8-15)14-18-11-4-5-12-23(18)20/h1-14H. The number of rotatable bonds is 3. The number of halogens is 1. The van der Waals surface area contributed by atoms with E-state index in [4.69, 9.17) is 0 Å². The minimum atomic E-state index is -0.414. The average molecular weight is 315 g/mol. The Labute approximate surface area is 138 Å². The summed E-state index contributed by atoms with van der Waals surface area (Å²) >= 11 is 0. The van der Waals surface area contributed by atoms with Crippen molar-refractivity contribution in [3.63, 3.8) is 0 Å². The van der Waals surface area contributed by atoms with Gasteiger partial charge in [-0.3, -0.25) is 4.79 Å². The zero-order valence-corrected chi connectivity index (χ0v) is 12.8. The molecule has 4 aromatic rings. The van der Waals surface area contributed by atoms with Crippen molar-refractivity contribution in [2.24, 2.45) is 0 Å². The van der Waals surface area contributed by atoms with E-state index in [1.807, 2.05) is 65.2 Å². The van der Waals surface area contributed by atoms with E-state index >= 15 is 0 Å². The summed E-state index contributed by atoms with van der Waals surface area (Å²) in [7, 11) is 0. The zero-order valence-electron chi connectivity index (χ0n) is 12.8. The van der Waals surface area contributed by atoms with Crippen LogP contribution >= 0.6 is 0 Å². The summed E-state index contributed by atoms with van der Waals surface area (Å²) in [5.41, 5.74) is 3.62. The van der Waals surface area contributed by atoms with Gasteiger partial charge in [-0.05, 0) is 35.9 Å². The zero-order chi connectivity index (χ0) is 16.5. The fourth-order valence-electron chi connectivity index (χ4n) is 2.96. The predicted molar refractivity (Wildman–Crippen MR) is 92.7 cm³/mol. The molecule has 24 heavy (non-hydrogen) atoms. The van der Waals surface area contributed by atoms with Gasteiger partial charge in [0.2, 0.25) is 5.78 Å². The van der Waals surface area contributed by atoms with Crippen molar-refractivity contribution in [1.29, 1.82) is 0 Å². The van der Waals surface area contributed by atoms with Gasteiger partial charge in [0.1, 0.15) is 11.5 Å². The SMILES string of the molecule is O=C(c1cccc(F)c1)c1c(-c2ccccc2)cc2ccccn12. The summed E-state index contributed by atoms with van der Waals surface area (Å²) in [4.78, 5) is 13.1. The summed E-state index contributed by atoms with van der Waals surface area (Å²) < 4.78 is 15.4. The molecule has 0 radical (unpaired) electrons. The van der Waals surface area contributed by atoms with Crippen LogP contribution in [-0.2, 0) is 0 Å². The van der Waals surface area contributed by atoms with Crippen molar-refractivity contribution in [2.45, 2.75) is 0 Å². The van der Waals surface area contributed by atoms with Crippen LogP contribution < -0.4 is 0 Å². The molecular weight excluding hydrogens is 301 g/mol. The first kappa shape index (κ1) is 14.4. The molecule has 2 nitrogen and oxygen atoms in total. The lowest BCUT2D eigenvalue weighted by molar-refractivity contribution is 0.103. The third kappa shape index (κ3) is 2.40. The van der Waals surface area contributed by atoms with Crippen molar-refractivity contribution >= 4 is 11.3 Å². The van der Waals surface area contributed by atoms with E-state index in [-0.39, 0.29) is 5.78 Å². The molecule has 2 aromatic carbocycles. The molecule has 0 saturated carbocycles. The van der Waals surface area contributed by atoms with Gasteiger partial charge in [0, 0.05) is 22.8 Å². The Balaban J connectivity index is 1.98. The number of carbonyl (C=O) groups is 1. The number of aromatic nitrogens is 1. The van der Waals surface area contributed by atoms with Crippen LogP contribution in [0.5, 0.6) is 0 Å². The Morgan fingerprint density at radius 3 is 2.42 bits per heavy atom. The van der Waals surface area contributed by atoms with Crippen molar-refractivity contribution in [1.82, 2.24) is 4.40 Å². The minimum absolute atomic E-state index is 0.195. The highest BCUT2D eigenvalue weighted by Gasteiger charge is 2.20. The molecule has 0 bridgehead atoms. The summed E-state index contributed by atoms with van der Waals surface area (Å²) in [5.74, 6) is -0.609. The summed E-state index contributed by atoms with van der Waals surface area (Å²) in [5, 5.41) is 0. The van der Waals surface area contributed by atoms with E-state index < -0.39 is 5.82 Å². The second-order valence-corrected chi connectivity index (χ2v) is 5.61. The molecular formula is C21H14FNO. The van der Waals surface area contributed by atoms with Crippen molar-refractivity contribution in [3.05, 3.63) is 102 Å². The number of carbonyl (C=O) groups excluding carboxylic acids is 1. The van der Waals surface area contributed by atoms with E-state index in [1.54, 1.807) is 12.1 Å². The maximum absolute atomic E-state index is 13.5. The number of hydrogen-bond donors (Lipinski definition) is 0. The molecule has 2 heterocycles. The van der Waals surface area contributed by atoms with Crippen LogP contribution in [0.25, 0.3) is 16.6 Å². The molecule has 0 amide bonds. The molecule has 0 saturated heterocycles. The summed E-state index contributed by atoms with van der Waals surface area (Å²) in [6.45, 7) is 0. The van der Waals surface area contributed by atoms with Crippen LogP contribution in [0.3, 0.4) is 0 Å². The predicted octanol–water partition coefficient (Wildman–Crippen LogP) is 4.98. The Bertz CT molecular complexity index is 1030. The fraction of sp³-hybridized carbons (Fsp3) is 0. The molecule has 116 valence electrons. The van der Waals surface area contributed by atoms with E-state index in [2.05, 4.69) is 0 Å². The molecule has 2 aromatic heterocycles. The molecule has 0 unspecified atom stereocenters. The minimum Gasteiger partial charge on any atom is -0.313 e. The van der Waals surface area contributed by atoms with Crippen LogP contribution in [0, 0.1) is 5.82 Å². The van der Waals surface area contributed by atoms with Crippen LogP contribution in [0.1, 0.15) is 16.1 Å². The van der Waals surface area contributed by atoms with Gasteiger partial charge in [0.15, 0.2) is 0 Å². The number of benzene rings is 2. The van der Waals surface area contributed by atoms with Gasteiger partial charge in [0.25, 0.3) is 0 Å². The smallest absolute Gasteiger partial charge is 0.210 e. The molecule has 0 aliphatic heterocycles. The second kappa shape index (κ2) is 5.78. The molecule has 0 aliphatic carbocycles. The third-order valence-corrected chi connectivity index (χ3v) is 4.07. The second-order valence-electron chi connectivity index (χ2n) is 5.61. The number of ketones is 1. The quantitative estimate of drug-likeness (QED) is 0.489. The van der Waals surface area contributed by atoms with Gasteiger partial charge in [-0.25, -0.2) is 4.39 Å². The average Bonchev–Trinajstić information content (AvgIpc) is 3.01. The molecule has 0 aliphatic rings. The monoisotopic (exact) mass is 315 g/mol. The van der Waals surface area contributed by atoms with E-state index in [1.165, 1.54) is 12.1 Å². The summed E-state index contributed by atoms with van der Waals surface area (Å²) in [6, 6.07) is 23.3. The van der Waals surface area contributed by atoms with E-state index in [0.717, 1.165) is 16.6 Å². The van der Waals surface area contributed by atoms with Gasteiger partial charge in [0.05, 0.1) is 0 Å². The number of hydrogen-bond acceptors (Lipinski definition) is 1. The number of fused-ring (bicyclic) bond motifs is 1. The van der Waals surface area contributed by atoms with Crippen molar-refractivity contribution in [3.8, 4) is 11.1 Å². The highest BCUT2D eigenvalue weighted by molar-refractivity contribution is 6.12. The highest BCUT2D eigenvalue weighted by atomic mass is 19.1. The Hall–Kier alpha value is -3.20. The first-order valence-corrected chi connectivity index (χ1v) is 7.70. The van der Waals surface area contributed by atoms with Gasteiger partial charge in [-0.2, -0.15) is 0 Å². The lowest BCUT2D eigenvalue weighted by Crippen LogP contribution is -2.07. The molecule has 0 spiro atoms. The Morgan fingerprint density at radius 1 is 0.833 bits per heavy atom. The van der Waals surface area contributed by atoms with Gasteiger partial charge < -0.3 is 4.40 Å². The Kier molecular flexibility index (Phi) is 3.47. The number of nitrogens with zero attached hydrogens (tertiary/aromatic N) is 1. The van der Waals surface area contributed by atoms with Crippen molar-refractivity contribution < 1.29 is 9.18 Å². The van der Waals surface area contributed by atoms with Gasteiger partial charge in [-0.15, -0.1) is 0 Å². The van der Waals surface area contributed by atoms with Gasteiger partial charge >= 0.3 is 0 Å². The number of pyridine rings is 1. The van der Waals surface area contributed by atoms with Crippen LogP contribution in [-0.4, -0.2) is 10.2 Å². The van der Waals surface area contributed by atoms with Crippen LogP contribution in [0.2, 0.25) is 0 Å². The largest absolute Gasteiger partial charge is 0.313 e. The van der Waals surface area contributed by atoms with Crippen LogP contribution in [0.4, 0.5) is 4.39 Å². The normalized spacial score (nSPS) is 10.9.